The summed E-state index contributed by atoms with van der Waals surface area (Å²) in [4.78, 5) is 0. The van der Waals surface area contributed by atoms with Crippen molar-refractivity contribution >= 4 is 0 Å². The summed E-state index contributed by atoms with van der Waals surface area (Å²) in [6.07, 6.45) is 9.07. The lowest BCUT2D eigenvalue weighted by molar-refractivity contribution is 0.980. The van der Waals surface area contributed by atoms with Gasteiger partial charge >= 0.3 is 0 Å². The fraction of sp³-hybridized carbons (Fsp3) is 0.500. The van der Waals surface area contributed by atoms with E-state index < -0.39 is 0 Å². The van der Waals surface area contributed by atoms with Crippen molar-refractivity contribution < 1.29 is 0 Å². The van der Waals surface area contributed by atoms with Crippen molar-refractivity contribution in [3.63, 3.8) is 0 Å². The Balaban J connectivity index is 3.72. The van der Waals surface area contributed by atoms with Crippen LogP contribution in [0.2, 0.25) is 0 Å². The summed E-state index contributed by atoms with van der Waals surface area (Å²) < 4.78 is 0. The molecule has 0 nitrogen and oxygen atoms in total. The zero-order valence-corrected chi connectivity index (χ0v) is 5.57. The molecule has 0 heterocycles. The number of terminal acetylenes is 1. The number of allylic oxidation sites excluding steroid dienone is 2. The van der Waals surface area contributed by atoms with Crippen LogP contribution in [-0.4, -0.2) is 0 Å². The third kappa shape index (κ3) is 2.47. The molecule has 0 aliphatic carbocycles. The Morgan fingerprint density at radius 1 is 1.50 bits per heavy atom. The highest BCUT2D eigenvalue weighted by Gasteiger charge is 1.83. The van der Waals surface area contributed by atoms with Crippen LogP contribution >= 0.6 is 0 Å². The highest BCUT2D eigenvalue weighted by atomic mass is 13.9. The molecule has 0 heteroatoms. The van der Waals surface area contributed by atoms with Gasteiger partial charge in [-0.2, -0.15) is 0 Å². The van der Waals surface area contributed by atoms with E-state index in [0.717, 1.165) is 12.8 Å². The summed E-state index contributed by atoms with van der Waals surface area (Å²) in [7, 11) is 0. The van der Waals surface area contributed by atoms with E-state index in [1.54, 1.807) is 0 Å². The van der Waals surface area contributed by atoms with Crippen LogP contribution in [0.5, 0.6) is 0 Å². The Morgan fingerprint density at radius 3 is 2.12 bits per heavy atom. The van der Waals surface area contributed by atoms with Gasteiger partial charge in [0.1, 0.15) is 0 Å². The molecule has 0 aromatic carbocycles. The second kappa shape index (κ2) is 4.46. The van der Waals surface area contributed by atoms with Crippen molar-refractivity contribution in [2.45, 2.75) is 26.7 Å². The minimum atomic E-state index is 1.08. The smallest absolute Gasteiger partial charge is 0.0130 e. The molecule has 0 unspecified atom stereocenters. The summed E-state index contributed by atoms with van der Waals surface area (Å²) in [6, 6.07) is 0. The number of hydrogen-bond acceptors (Lipinski definition) is 0. The van der Waals surface area contributed by atoms with Crippen molar-refractivity contribution in [3.8, 4) is 12.3 Å². The zero-order chi connectivity index (χ0) is 6.41. The lowest BCUT2D eigenvalue weighted by atomic mass is 10.1. The SMILES string of the molecule is C#CC=C(CC)CC. The van der Waals surface area contributed by atoms with Crippen LogP contribution in [0.25, 0.3) is 0 Å². The maximum absolute atomic E-state index is 5.05. The Morgan fingerprint density at radius 2 is 2.00 bits per heavy atom. The van der Waals surface area contributed by atoms with Crippen molar-refractivity contribution in [2.75, 3.05) is 0 Å². The largest absolute Gasteiger partial charge is 0.115 e. The van der Waals surface area contributed by atoms with E-state index in [-0.39, 0.29) is 0 Å². The Hall–Kier alpha value is -0.700. The molecule has 0 aromatic rings. The monoisotopic (exact) mass is 108 g/mol. The zero-order valence-electron chi connectivity index (χ0n) is 5.57. The van der Waals surface area contributed by atoms with E-state index in [4.69, 9.17) is 6.42 Å². The molecule has 0 N–H and O–H groups in total. The van der Waals surface area contributed by atoms with Gasteiger partial charge in [0, 0.05) is 0 Å². The second-order valence-corrected chi connectivity index (χ2v) is 1.68. The van der Waals surface area contributed by atoms with Crippen LogP contribution in [0.15, 0.2) is 11.6 Å². The van der Waals surface area contributed by atoms with Gasteiger partial charge < -0.3 is 0 Å². The summed E-state index contributed by atoms with van der Waals surface area (Å²) in [5, 5.41) is 0. The normalized spacial score (nSPS) is 7.62. The number of hydrogen-bond donors (Lipinski definition) is 0. The molecule has 8 heavy (non-hydrogen) atoms. The fourth-order valence-corrected chi connectivity index (χ4v) is 0.572. The third-order valence-electron chi connectivity index (χ3n) is 1.20. The molecule has 0 spiro atoms. The minimum absolute atomic E-state index is 1.08. The average molecular weight is 108 g/mol. The summed E-state index contributed by atoms with van der Waals surface area (Å²) in [5.74, 6) is 2.51. The Kier molecular flexibility index (Phi) is 4.07. The van der Waals surface area contributed by atoms with Crippen LogP contribution in [0.3, 0.4) is 0 Å². The third-order valence-corrected chi connectivity index (χ3v) is 1.20. The van der Waals surface area contributed by atoms with Crippen LogP contribution in [0.1, 0.15) is 26.7 Å². The standard InChI is InChI=1S/C8H12/c1-4-7-8(5-2)6-3/h1,7H,5-6H2,2-3H3. The molecule has 0 radical (unpaired) electrons. The van der Waals surface area contributed by atoms with Gasteiger partial charge in [0.05, 0.1) is 0 Å². The van der Waals surface area contributed by atoms with E-state index in [1.807, 2.05) is 6.08 Å². The fourth-order valence-electron chi connectivity index (χ4n) is 0.572. The van der Waals surface area contributed by atoms with Gasteiger partial charge in [-0.05, 0) is 18.9 Å². The summed E-state index contributed by atoms with van der Waals surface area (Å²) in [5.41, 5.74) is 1.35. The highest BCUT2D eigenvalue weighted by molar-refractivity contribution is 5.16. The van der Waals surface area contributed by atoms with Gasteiger partial charge in [-0.15, -0.1) is 6.42 Å². The van der Waals surface area contributed by atoms with Gasteiger partial charge in [0.15, 0.2) is 0 Å². The van der Waals surface area contributed by atoms with E-state index in [1.165, 1.54) is 5.57 Å². The molecule has 0 atom stereocenters. The van der Waals surface area contributed by atoms with Gasteiger partial charge in [-0.3, -0.25) is 0 Å². The quantitative estimate of drug-likeness (QED) is 0.476. The van der Waals surface area contributed by atoms with E-state index in [9.17, 15) is 0 Å². The highest BCUT2D eigenvalue weighted by Crippen LogP contribution is 2.02. The van der Waals surface area contributed by atoms with Crippen molar-refractivity contribution in [1.29, 1.82) is 0 Å². The lowest BCUT2D eigenvalue weighted by Gasteiger charge is -1.92. The molecule has 0 aliphatic heterocycles. The first-order valence-electron chi connectivity index (χ1n) is 2.99. The first kappa shape index (κ1) is 7.30. The molecule has 0 saturated heterocycles. The molecule has 0 rings (SSSR count). The van der Waals surface area contributed by atoms with Crippen LogP contribution < -0.4 is 0 Å². The van der Waals surface area contributed by atoms with Crippen LogP contribution in [-0.2, 0) is 0 Å². The summed E-state index contributed by atoms with van der Waals surface area (Å²) >= 11 is 0. The first-order valence-corrected chi connectivity index (χ1v) is 2.99. The maximum atomic E-state index is 5.05. The predicted octanol–water partition coefficient (Wildman–Crippen LogP) is 2.37. The molecule has 0 saturated carbocycles. The topological polar surface area (TPSA) is 0 Å². The molecule has 0 fully saturated rings. The Bertz CT molecular complexity index is 106. The van der Waals surface area contributed by atoms with Crippen LogP contribution in [0, 0.1) is 12.3 Å². The Labute approximate surface area is 51.6 Å². The van der Waals surface area contributed by atoms with E-state index in [0.29, 0.717) is 0 Å². The molecule has 0 bridgehead atoms. The number of rotatable bonds is 2. The second-order valence-electron chi connectivity index (χ2n) is 1.68. The van der Waals surface area contributed by atoms with E-state index >= 15 is 0 Å². The maximum Gasteiger partial charge on any atom is -0.0130 e. The summed E-state index contributed by atoms with van der Waals surface area (Å²) in [6.45, 7) is 4.24. The minimum Gasteiger partial charge on any atom is -0.115 e. The van der Waals surface area contributed by atoms with Crippen LogP contribution in [0.4, 0.5) is 0 Å². The van der Waals surface area contributed by atoms with Crippen molar-refractivity contribution in [3.05, 3.63) is 11.6 Å². The van der Waals surface area contributed by atoms with Crippen molar-refractivity contribution in [1.82, 2.24) is 0 Å². The molecule has 0 aliphatic rings. The molecular weight excluding hydrogens is 96.1 g/mol. The van der Waals surface area contributed by atoms with Gasteiger partial charge in [-0.1, -0.05) is 25.3 Å². The van der Waals surface area contributed by atoms with E-state index in [2.05, 4.69) is 19.8 Å². The average Bonchev–Trinajstić information content (AvgIpc) is 1.83. The van der Waals surface area contributed by atoms with Crippen molar-refractivity contribution in [2.24, 2.45) is 0 Å². The molecule has 0 aromatic heterocycles. The predicted molar refractivity (Wildman–Crippen MR) is 37.5 cm³/mol. The van der Waals surface area contributed by atoms with Gasteiger partial charge in [0.2, 0.25) is 0 Å². The molecular formula is C8H12. The first-order chi connectivity index (χ1) is 3.85. The van der Waals surface area contributed by atoms with Gasteiger partial charge in [0.25, 0.3) is 0 Å². The lowest BCUT2D eigenvalue weighted by Crippen LogP contribution is -1.73. The molecule has 0 amide bonds. The molecule has 44 valence electrons. The van der Waals surface area contributed by atoms with Gasteiger partial charge in [-0.25, -0.2) is 0 Å².